The Balaban J connectivity index is 1.58. The van der Waals surface area contributed by atoms with Crippen LogP contribution in [-0.4, -0.2) is 21.2 Å². The Bertz CT molecular complexity index is 1440. The Morgan fingerprint density at radius 3 is 2.36 bits per heavy atom. The van der Waals surface area contributed by atoms with E-state index in [9.17, 15) is 9.59 Å². The predicted octanol–water partition coefficient (Wildman–Crippen LogP) is 4.77. The van der Waals surface area contributed by atoms with Crippen molar-refractivity contribution in [2.45, 2.75) is 45.7 Å². The van der Waals surface area contributed by atoms with Crippen molar-refractivity contribution in [1.29, 1.82) is 0 Å². The molecule has 1 fully saturated rings. The van der Waals surface area contributed by atoms with Crippen LogP contribution in [0.5, 0.6) is 5.75 Å². The van der Waals surface area contributed by atoms with Gasteiger partial charge in [0.15, 0.2) is 0 Å². The molecule has 3 heterocycles. The fourth-order valence-electron chi connectivity index (χ4n) is 5.14. The number of nitrogens with zero attached hydrogens (tertiary/aromatic N) is 3. The molecule has 0 saturated heterocycles. The van der Waals surface area contributed by atoms with Crippen LogP contribution in [0.2, 0.25) is 0 Å². The highest BCUT2D eigenvalue weighted by atomic mass is 16.5. The van der Waals surface area contributed by atoms with Crippen LogP contribution in [0.1, 0.15) is 44.7 Å². The van der Waals surface area contributed by atoms with Crippen LogP contribution < -0.4 is 15.9 Å². The first-order valence-electron chi connectivity index (χ1n) is 11.6. The van der Waals surface area contributed by atoms with E-state index in [2.05, 4.69) is 18.8 Å². The van der Waals surface area contributed by atoms with E-state index in [1.54, 1.807) is 23.9 Å². The van der Waals surface area contributed by atoms with Gasteiger partial charge in [-0.3, -0.25) is 9.59 Å². The first-order valence-corrected chi connectivity index (χ1v) is 11.6. The van der Waals surface area contributed by atoms with Gasteiger partial charge >= 0.3 is 0 Å². The summed E-state index contributed by atoms with van der Waals surface area (Å²) in [5, 5.41) is 0.980. The normalized spacial score (nSPS) is 20.9. The SMILES string of the molecule is COc1ccc(Cn2ccc3nc4ccn([C@@H]5CCC[C@@H](C)[C@@H]5C)c(=O)c4cc3c2=O)cc1. The largest absolute Gasteiger partial charge is 0.497 e. The quantitative estimate of drug-likeness (QED) is 0.426. The highest BCUT2D eigenvalue weighted by molar-refractivity contribution is 5.91. The smallest absolute Gasteiger partial charge is 0.260 e. The summed E-state index contributed by atoms with van der Waals surface area (Å²) in [7, 11) is 1.63. The topological polar surface area (TPSA) is 66.1 Å². The standard InChI is InChI=1S/C27H29N3O3/c1-17-5-4-6-25(18(17)2)30-14-12-24-22(27(30)32)15-21-23(28-24)11-13-29(26(21)31)16-19-7-9-20(33-3)10-8-19/h7-15,17-18,25H,4-6,16H2,1-3H3/t17-,18+,25-/m1/s1. The summed E-state index contributed by atoms with van der Waals surface area (Å²) in [6.45, 7) is 4.94. The third kappa shape index (κ3) is 3.84. The third-order valence-corrected chi connectivity index (χ3v) is 7.38. The first kappa shape index (κ1) is 21.4. The zero-order valence-corrected chi connectivity index (χ0v) is 19.3. The number of aromatic nitrogens is 3. The van der Waals surface area contributed by atoms with Crippen LogP contribution in [0.4, 0.5) is 0 Å². The molecule has 1 aromatic carbocycles. The Morgan fingerprint density at radius 1 is 0.939 bits per heavy atom. The maximum absolute atomic E-state index is 13.5. The lowest BCUT2D eigenvalue weighted by molar-refractivity contribution is 0.183. The molecule has 170 valence electrons. The summed E-state index contributed by atoms with van der Waals surface area (Å²) in [5.74, 6) is 1.80. The summed E-state index contributed by atoms with van der Waals surface area (Å²) in [6, 6.07) is 13.3. The highest BCUT2D eigenvalue weighted by Crippen LogP contribution is 2.37. The molecular formula is C27H29N3O3. The van der Waals surface area contributed by atoms with E-state index in [-0.39, 0.29) is 17.2 Å². The van der Waals surface area contributed by atoms with E-state index in [1.165, 1.54) is 6.42 Å². The minimum atomic E-state index is -0.146. The van der Waals surface area contributed by atoms with Crippen molar-refractivity contribution in [2.24, 2.45) is 11.8 Å². The number of methoxy groups -OCH3 is 1. The molecule has 0 amide bonds. The van der Waals surface area contributed by atoms with Gasteiger partial charge in [0.25, 0.3) is 11.1 Å². The molecule has 0 aliphatic heterocycles. The van der Waals surface area contributed by atoms with Crippen molar-refractivity contribution in [1.82, 2.24) is 14.1 Å². The molecule has 0 bridgehead atoms. The fraction of sp³-hybridized carbons (Fsp3) is 0.370. The average Bonchev–Trinajstić information content (AvgIpc) is 2.83. The van der Waals surface area contributed by atoms with Gasteiger partial charge in [-0.2, -0.15) is 0 Å². The van der Waals surface area contributed by atoms with Crippen LogP contribution >= 0.6 is 0 Å². The molecule has 6 heteroatoms. The van der Waals surface area contributed by atoms with Gasteiger partial charge < -0.3 is 13.9 Å². The van der Waals surface area contributed by atoms with E-state index < -0.39 is 0 Å². The molecular weight excluding hydrogens is 414 g/mol. The molecule has 0 N–H and O–H groups in total. The minimum absolute atomic E-state index is 0.0576. The number of rotatable bonds is 4. The van der Waals surface area contributed by atoms with E-state index in [4.69, 9.17) is 4.74 Å². The summed E-state index contributed by atoms with van der Waals surface area (Å²) >= 11 is 0. The van der Waals surface area contributed by atoms with Crippen LogP contribution in [0.3, 0.4) is 0 Å². The summed E-state index contributed by atoms with van der Waals surface area (Å²) in [5.41, 5.74) is 2.03. The molecule has 1 saturated carbocycles. The zero-order valence-electron chi connectivity index (χ0n) is 19.3. The Morgan fingerprint density at radius 2 is 1.64 bits per heavy atom. The fourth-order valence-corrected chi connectivity index (χ4v) is 5.14. The Kier molecular flexibility index (Phi) is 5.52. The number of hydrogen-bond donors (Lipinski definition) is 0. The van der Waals surface area contributed by atoms with Gasteiger partial charge in [-0.05, 0) is 54.2 Å². The maximum Gasteiger partial charge on any atom is 0.260 e. The van der Waals surface area contributed by atoms with Gasteiger partial charge in [0.05, 0.1) is 35.5 Å². The van der Waals surface area contributed by atoms with Gasteiger partial charge in [0.1, 0.15) is 5.75 Å². The van der Waals surface area contributed by atoms with Crippen molar-refractivity contribution in [3.63, 3.8) is 0 Å². The second kappa shape index (κ2) is 8.50. The van der Waals surface area contributed by atoms with Gasteiger partial charge in [0, 0.05) is 18.4 Å². The first-order chi connectivity index (χ1) is 16.0. The monoisotopic (exact) mass is 443 g/mol. The van der Waals surface area contributed by atoms with Crippen molar-refractivity contribution in [3.05, 3.63) is 81.1 Å². The number of benzene rings is 1. The van der Waals surface area contributed by atoms with Crippen molar-refractivity contribution in [3.8, 4) is 5.75 Å². The van der Waals surface area contributed by atoms with Gasteiger partial charge in [-0.15, -0.1) is 0 Å². The third-order valence-electron chi connectivity index (χ3n) is 7.38. The predicted molar refractivity (Wildman–Crippen MR) is 131 cm³/mol. The molecule has 4 aromatic rings. The number of ether oxygens (including phenoxy) is 1. The molecule has 3 aromatic heterocycles. The lowest BCUT2D eigenvalue weighted by Gasteiger charge is -2.35. The molecule has 3 atom stereocenters. The van der Waals surface area contributed by atoms with Crippen molar-refractivity contribution in [2.75, 3.05) is 7.11 Å². The van der Waals surface area contributed by atoms with E-state index in [1.807, 2.05) is 47.2 Å². The average molecular weight is 444 g/mol. The van der Waals surface area contributed by atoms with Crippen molar-refractivity contribution < 1.29 is 4.74 Å². The van der Waals surface area contributed by atoms with Crippen molar-refractivity contribution >= 4 is 21.8 Å². The molecule has 0 unspecified atom stereocenters. The zero-order chi connectivity index (χ0) is 23.1. The maximum atomic E-state index is 13.5. The summed E-state index contributed by atoms with van der Waals surface area (Å²) in [6.07, 6.45) is 6.99. The highest BCUT2D eigenvalue weighted by Gasteiger charge is 2.29. The number of hydrogen-bond acceptors (Lipinski definition) is 4. The minimum Gasteiger partial charge on any atom is -0.497 e. The second-order valence-electron chi connectivity index (χ2n) is 9.31. The molecule has 5 rings (SSSR count). The second-order valence-corrected chi connectivity index (χ2v) is 9.31. The van der Waals surface area contributed by atoms with Gasteiger partial charge in [-0.25, -0.2) is 4.98 Å². The molecule has 33 heavy (non-hydrogen) atoms. The van der Waals surface area contributed by atoms with E-state index >= 15 is 0 Å². The lowest BCUT2D eigenvalue weighted by atomic mass is 9.78. The summed E-state index contributed by atoms with van der Waals surface area (Å²) in [4.78, 5) is 31.4. The number of pyridine rings is 3. The Labute approximate surface area is 192 Å². The Hall–Kier alpha value is -3.41. The lowest BCUT2D eigenvalue weighted by Crippen LogP contribution is -2.33. The molecule has 1 aliphatic carbocycles. The van der Waals surface area contributed by atoms with E-state index in [0.717, 1.165) is 24.2 Å². The molecule has 0 spiro atoms. The molecule has 6 nitrogen and oxygen atoms in total. The van der Waals surface area contributed by atoms with Crippen LogP contribution in [0, 0.1) is 11.8 Å². The van der Waals surface area contributed by atoms with Crippen LogP contribution in [0.15, 0.2) is 64.4 Å². The molecule has 0 radical (unpaired) electrons. The van der Waals surface area contributed by atoms with Crippen LogP contribution in [0.25, 0.3) is 21.8 Å². The van der Waals surface area contributed by atoms with Gasteiger partial charge in [-0.1, -0.05) is 38.8 Å². The molecule has 1 aliphatic rings. The summed E-state index contributed by atoms with van der Waals surface area (Å²) < 4.78 is 8.74. The van der Waals surface area contributed by atoms with Crippen LogP contribution in [-0.2, 0) is 6.54 Å². The number of fused-ring (bicyclic) bond motifs is 2. The van der Waals surface area contributed by atoms with Gasteiger partial charge in [0.2, 0.25) is 0 Å². The van der Waals surface area contributed by atoms with E-state index in [0.29, 0.717) is 40.2 Å².